The number of hydrogen-bond acceptors (Lipinski definition) is 4. The molecule has 1 atom stereocenters. The van der Waals surface area contributed by atoms with Gasteiger partial charge < -0.3 is 10.0 Å². The topological polar surface area (TPSA) is 69.6 Å². The molecule has 1 aromatic rings. The summed E-state index contributed by atoms with van der Waals surface area (Å²) in [6.07, 6.45) is 2.81. The first-order valence-electron chi connectivity index (χ1n) is 7.05. The van der Waals surface area contributed by atoms with Gasteiger partial charge in [-0.05, 0) is 43.5 Å². The molecular weight excluding hydrogens is 276 g/mol. The zero-order valence-electron chi connectivity index (χ0n) is 11.7. The van der Waals surface area contributed by atoms with Gasteiger partial charge in [0, 0.05) is 18.8 Å². The first kappa shape index (κ1) is 15.3. The maximum atomic E-state index is 12.0. The number of anilines is 1. The molecule has 0 radical (unpaired) electrons. The Balaban J connectivity index is 2.14. The van der Waals surface area contributed by atoms with E-state index in [1.807, 2.05) is 19.1 Å². The Kier molecular flexibility index (Phi) is 5.01. The fourth-order valence-electron chi connectivity index (χ4n) is 2.50. The molecule has 1 aromatic carbocycles. The second-order valence-electron chi connectivity index (χ2n) is 5.06. The first-order chi connectivity index (χ1) is 9.58. The van der Waals surface area contributed by atoms with Crippen molar-refractivity contribution in [3.8, 4) is 0 Å². The van der Waals surface area contributed by atoms with Gasteiger partial charge in [-0.3, -0.25) is 0 Å². The van der Waals surface area contributed by atoms with Crippen molar-refractivity contribution in [2.75, 3.05) is 24.6 Å². The summed E-state index contributed by atoms with van der Waals surface area (Å²) in [6.45, 7) is 3.42. The Morgan fingerprint density at radius 3 is 2.65 bits per heavy atom. The highest BCUT2D eigenvalue weighted by atomic mass is 32.2. The van der Waals surface area contributed by atoms with Gasteiger partial charge in [-0.1, -0.05) is 6.92 Å². The van der Waals surface area contributed by atoms with Crippen LogP contribution in [0, 0.1) is 0 Å². The molecule has 1 aliphatic rings. The third-order valence-electron chi connectivity index (χ3n) is 3.61. The van der Waals surface area contributed by atoms with Gasteiger partial charge in [0.15, 0.2) is 0 Å². The fraction of sp³-hybridized carbons (Fsp3) is 0.571. The fourth-order valence-corrected chi connectivity index (χ4v) is 3.64. The Morgan fingerprint density at radius 2 is 2.05 bits per heavy atom. The average molecular weight is 298 g/mol. The second kappa shape index (κ2) is 6.56. The summed E-state index contributed by atoms with van der Waals surface area (Å²) < 4.78 is 26.5. The lowest BCUT2D eigenvalue weighted by molar-refractivity contribution is 0.266. The van der Waals surface area contributed by atoms with Crippen LogP contribution in [0.5, 0.6) is 0 Å². The molecule has 0 saturated carbocycles. The van der Waals surface area contributed by atoms with Crippen LogP contribution in [0.3, 0.4) is 0 Å². The minimum absolute atomic E-state index is 0.137. The van der Waals surface area contributed by atoms with Crippen molar-refractivity contribution in [3.63, 3.8) is 0 Å². The maximum absolute atomic E-state index is 12.0. The number of hydrogen-bond donors (Lipinski definition) is 2. The molecule has 1 fully saturated rings. The van der Waals surface area contributed by atoms with Gasteiger partial charge >= 0.3 is 0 Å². The van der Waals surface area contributed by atoms with Crippen LogP contribution >= 0.6 is 0 Å². The normalized spacial score (nSPS) is 19.5. The van der Waals surface area contributed by atoms with Crippen LogP contribution in [0.2, 0.25) is 0 Å². The molecule has 2 N–H and O–H groups in total. The molecule has 1 heterocycles. The Bertz CT molecular complexity index is 528. The summed E-state index contributed by atoms with van der Waals surface area (Å²) >= 11 is 0. The van der Waals surface area contributed by atoms with Gasteiger partial charge in [0.05, 0.1) is 17.5 Å². The van der Waals surface area contributed by atoms with E-state index in [2.05, 4.69) is 9.62 Å². The monoisotopic (exact) mass is 298 g/mol. The number of aliphatic hydroxyl groups excluding tert-OH is 1. The molecule has 6 heteroatoms. The summed E-state index contributed by atoms with van der Waals surface area (Å²) in [5, 5.41) is 9.33. The van der Waals surface area contributed by atoms with Crippen LogP contribution in [0.15, 0.2) is 29.2 Å². The minimum Gasteiger partial charge on any atom is -0.394 e. The van der Waals surface area contributed by atoms with E-state index >= 15 is 0 Å². The van der Waals surface area contributed by atoms with Crippen molar-refractivity contribution in [1.82, 2.24) is 4.72 Å². The molecule has 0 amide bonds. The lowest BCUT2D eigenvalue weighted by Crippen LogP contribution is -2.32. The molecular formula is C14H22N2O3S. The predicted molar refractivity (Wildman–Crippen MR) is 79.4 cm³/mol. The second-order valence-corrected chi connectivity index (χ2v) is 6.83. The summed E-state index contributed by atoms with van der Waals surface area (Å²) in [6, 6.07) is 7.03. The number of nitrogens with zero attached hydrogens (tertiary/aromatic N) is 1. The van der Waals surface area contributed by atoms with Crippen molar-refractivity contribution < 1.29 is 13.5 Å². The number of sulfonamides is 1. The van der Waals surface area contributed by atoms with E-state index in [0.717, 1.165) is 31.5 Å². The van der Waals surface area contributed by atoms with E-state index in [-0.39, 0.29) is 17.5 Å². The maximum Gasteiger partial charge on any atom is 0.240 e. The van der Waals surface area contributed by atoms with Crippen molar-refractivity contribution >= 4 is 15.7 Å². The zero-order valence-corrected chi connectivity index (χ0v) is 12.6. The quantitative estimate of drug-likeness (QED) is 0.831. The third-order valence-corrected chi connectivity index (χ3v) is 5.09. The summed E-state index contributed by atoms with van der Waals surface area (Å²) in [7, 11) is -3.40. The van der Waals surface area contributed by atoms with Crippen molar-refractivity contribution in [3.05, 3.63) is 24.3 Å². The van der Waals surface area contributed by atoms with Gasteiger partial charge in [-0.15, -0.1) is 0 Å². The largest absolute Gasteiger partial charge is 0.394 e. The van der Waals surface area contributed by atoms with Gasteiger partial charge in [0.2, 0.25) is 10.0 Å². The molecule has 0 aromatic heterocycles. The van der Waals surface area contributed by atoms with Crippen LogP contribution in [0.1, 0.15) is 26.2 Å². The smallest absolute Gasteiger partial charge is 0.240 e. The summed E-state index contributed by atoms with van der Waals surface area (Å²) in [4.78, 5) is 2.42. The van der Waals surface area contributed by atoms with Gasteiger partial charge in [0.1, 0.15) is 0 Å². The highest BCUT2D eigenvalue weighted by molar-refractivity contribution is 7.89. The van der Waals surface area contributed by atoms with Crippen LogP contribution < -0.4 is 9.62 Å². The number of nitrogens with one attached hydrogen (secondary N) is 1. The molecule has 5 nitrogen and oxygen atoms in total. The van der Waals surface area contributed by atoms with Crippen LogP contribution in [-0.4, -0.2) is 39.3 Å². The van der Waals surface area contributed by atoms with Crippen molar-refractivity contribution in [2.24, 2.45) is 0 Å². The van der Waals surface area contributed by atoms with E-state index in [0.29, 0.717) is 6.54 Å². The van der Waals surface area contributed by atoms with Gasteiger partial charge in [0.25, 0.3) is 0 Å². The Morgan fingerprint density at radius 1 is 1.35 bits per heavy atom. The van der Waals surface area contributed by atoms with Crippen LogP contribution in [-0.2, 0) is 10.0 Å². The minimum atomic E-state index is -3.40. The summed E-state index contributed by atoms with van der Waals surface area (Å²) in [5.41, 5.74) is 0.969. The lowest BCUT2D eigenvalue weighted by atomic mass is 10.2. The molecule has 2 rings (SSSR count). The molecule has 1 aliphatic heterocycles. The standard InChI is InChI=1S/C14H22N2O3S/c1-2-9-15-20(18,19)14-7-5-12(6-8-14)16-10-3-4-13(16)11-17/h5-8,13,15,17H,2-4,9-11H2,1H3. The Hall–Kier alpha value is -1.11. The average Bonchev–Trinajstić information content (AvgIpc) is 2.94. The highest BCUT2D eigenvalue weighted by Crippen LogP contribution is 2.26. The number of aliphatic hydroxyl groups is 1. The molecule has 0 bridgehead atoms. The summed E-state index contributed by atoms with van der Waals surface area (Å²) in [5.74, 6) is 0. The molecule has 112 valence electrons. The zero-order chi connectivity index (χ0) is 14.6. The van der Waals surface area contributed by atoms with Gasteiger partial charge in [-0.25, -0.2) is 13.1 Å². The van der Waals surface area contributed by atoms with Gasteiger partial charge in [-0.2, -0.15) is 0 Å². The predicted octanol–water partition coefficient (Wildman–Crippen LogP) is 1.34. The van der Waals surface area contributed by atoms with E-state index in [1.165, 1.54) is 0 Å². The molecule has 1 saturated heterocycles. The highest BCUT2D eigenvalue weighted by Gasteiger charge is 2.24. The third kappa shape index (κ3) is 3.31. The van der Waals surface area contributed by atoms with E-state index < -0.39 is 10.0 Å². The number of rotatable bonds is 6. The molecule has 1 unspecified atom stereocenters. The lowest BCUT2D eigenvalue weighted by Gasteiger charge is -2.25. The molecule has 0 spiro atoms. The Labute approximate surface area is 120 Å². The van der Waals surface area contributed by atoms with E-state index in [1.54, 1.807) is 12.1 Å². The van der Waals surface area contributed by atoms with Crippen LogP contribution in [0.25, 0.3) is 0 Å². The molecule has 20 heavy (non-hydrogen) atoms. The van der Waals surface area contributed by atoms with E-state index in [9.17, 15) is 13.5 Å². The molecule has 0 aliphatic carbocycles. The first-order valence-corrected chi connectivity index (χ1v) is 8.54. The van der Waals surface area contributed by atoms with Crippen LogP contribution in [0.4, 0.5) is 5.69 Å². The SMILES string of the molecule is CCCNS(=O)(=O)c1ccc(N2CCCC2CO)cc1. The van der Waals surface area contributed by atoms with E-state index in [4.69, 9.17) is 0 Å². The van der Waals surface area contributed by atoms with Crippen molar-refractivity contribution in [1.29, 1.82) is 0 Å². The van der Waals surface area contributed by atoms with Crippen molar-refractivity contribution in [2.45, 2.75) is 37.1 Å². The number of benzene rings is 1.